The van der Waals surface area contributed by atoms with Crippen molar-refractivity contribution in [3.63, 3.8) is 0 Å². The number of hydroxylamine groups is 2. The molecule has 4 aliphatic rings. The number of ether oxygens (including phenoxy) is 4. The van der Waals surface area contributed by atoms with E-state index < -0.39 is 71.6 Å². The van der Waals surface area contributed by atoms with Crippen LogP contribution in [0.15, 0.2) is 91.2 Å². The molecule has 14 heteroatoms. The fourth-order valence-corrected chi connectivity index (χ4v) is 7.91. The monoisotopic (exact) mass is 729 g/mol. The minimum atomic E-state index is -1.66. The van der Waals surface area contributed by atoms with Gasteiger partial charge in [-0.05, 0) is 24.1 Å². The van der Waals surface area contributed by atoms with Crippen molar-refractivity contribution >= 4 is 23.9 Å². The van der Waals surface area contributed by atoms with Gasteiger partial charge in [0.25, 0.3) is 0 Å². The number of carbonyl (C=O) groups is 3. The van der Waals surface area contributed by atoms with Crippen LogP contribution in [0.1, 0.15) is 35.6 Å². The second kappa shape index (κ2) is 15.4. The van der Waals surface area contributed by atoms with E-state index in [0.717, 1.165) is 11.1 Å². The highest BCUT2D eigenvalue weighted by atomic mass is 16.8. The molecule has 1 saturated carbocycles. The van der Waals surface area contributed by atoms with Crippen LogP contribution in [0.5, 0.6) is 0 Å². The molecule has 4 fully saturated rings. The van der Waals surface area contributed by atoms with E-state index in [0.29, 0.717) is 11.1 Å². The number of carbonyl (C=O) groups excluding carboxylic acids is 3. The maximum absolute atomic E-state index is 14.9. The lowest BCUT2D eigenvalue weighted by atomic mass is 9.62. The van der Waals surface area contributed by atoms with Crippen LogP contribution >= 0.6 is 0 Å². The molecule has 2 bridgehead atoms. The zero-order valence-electron chi connectivity index (χ0n) is 29.1. The lowest BCUT2D eigenvalue weighted by Gasteiger charge is -2.49. The fourth-order valence-electron chi connectivity index (χ4n) is 7.91. The third-order valence-electron chi connectivity index (χ3n) is 10.3. The number of fused-ring (bicyclic) bond motifs is 4. The number of aliphatic hydroxyl groups excluding tert-OH is 3. The van der Waals surface area contributed by atoms with E-state index in [1.54, 1.807) is 6.08 Å². The van der Waals surface area contributed by atoms with Crippen LogP contribution in [0.4, 0.5) is 0 Å². The van der Waals surface area contributed by atoms with Crippen molar-refractivity contribution in [3.05, 3.63) is 113 Å². The first-order valence-corrected chi connectivity index (χ1v) is 17.7. The summed E-state index contributed by atoms with van der Waals surface area (Å²) in [5.74, 6) is -3.57. The van der Waals surface area contributed by atoms with E-state index >= 15 is 0 Å². The molecule has 7 rings (SSSR count). The summed E-state index contributed by atoms with van der Waals surface area (Å²) < 4.78 is 25.3. The van der Waals surface area contributed by atoms with Crippen LogP contribution < -0.4 is 10.6 Å². The Morgan fingerprint density at radius 2 is 1.62 bits per heavy atom. The molecule has 2 amide bonds. The summed E-state index contributed by atoms with van der Waals surface area (Å²) in [5, 5.41) is 35.7. The van der Waals surface area contributed by atoms with Gasteiger partial charge in [-0.1, -0.05) is 84.9 Å². The highest BCUT2D eigenvalue weighted by Gasteiger charge is 2.76. The molecule has 14 nitrogen and oxygen atoms in total. The summed E-state index contributed by atoms with van der Waals surface area (Å²) in [6.45, 7) is 0.942. The molecule has 8 unspecified atom stereocenters. The largest absolute Gasteiger partial charge is 0.499 e. The lowest BCUT2D eigenvalue weighted by molar-refractivity contribution is -0.213. The normalized spacial score (nSPS) is 28.2. The standard InChI is InChI=1S/C39H43N3O11/c1-24(45)30(35(46)40-17-18-43)41-37(48)38-22-29-31-32(52-39(51-31,27-12-4-2-5-13-27)28-14-6-3-7-15-28)34(38)53-42(33(38)36(47)50-29)23-26-11-9-8-10-25(26)16-20-49-21-19-44/h2-16,20,24,29-34,43-45H,17-19,21-23H2,1H3,(H,40,46)(H,41,48). The Bertz CT molecular complexity index is 1770. The van der Waals surface area contributed by atoms with Crippen LogP contribution in [-0.4, -0.2) is 107 Å². The Labute approximate surface area is 306 Å². The summed E-state index contributed by atoms with van der Waals surface area (Å²) in [5.41, 5.74) is 1.18. The predicted molar refractivity (Wildman–Crippen MR) is 187 cm³/mol. The van der Waals surface area contributed by atoms with Crippen LogP contribution in [-0.2, 0) is 50.5 Å². The number of nitrogens with zero attached hydrogens (tertiary/aromatic N) is 1. The molecule has 3 aromatic rings. The quantitative estimate of drug-likeness (QED) is 0.0907. The molecule has 280 valence electrons. The second-order valence-electron chi connectivity index (χ2n) is 13.5. The zero-order chi connectivity index (χ0) is 37.2. The molecule has 5 N–H and O–H groups in total. The van der Waals surface area contributed by atoms with Crippen LogP contribution in [0.25, 0.3) is 6.08 Å². The molecule has 0 radical (unpaired) electrons. The summed E-state index contributed by atoms with van der Waals surface area (Å²) in [4.78, 5) is 49.0. The third-order valence-corrected chi connectivity index (χ3v) is 10.3. The Hall–Kier alpha value is -4.67. The smallest absolute Gasteiger partial charge is 0.327 e. The molecular weight excluding hydrogens is 686 g/mol. The van der Waals surface area contributed by atoms with Crippen molar-refractivity contribution in [2.45, 2.75) is 68.3 Å². The second-order valence-corrected chi connectivity index (χ2v) is 13.5. The van der Waals surface area contributed by atoms with Crippen molar-refractivity contribution in [2.24, 2.45) is 5.41 Å². The van der Waals surface area contributed by atoms with Gasteiger partial charge in [0.05, 0.1) is 32.1 Å². The van der Waals surface area contributed by atoms with Crippen LogP contribution in [0, 0.1) is 5.41 Å². The number of aliphatic hydroxyl groups is 3. The number of benzene rings is 3. The molecule has 1 aliphatic carbocycles. The number of esters is 1. The highest BCUT2D eigenvalue weighted by Crippen LogP contribution is 2.59. The number of hydrogen-bond acceptors (Lipinski definition) is 12. The molecule has 3 saturated heterocycles. The van der Waals surface area contributed by atoms with E-state index in [1.807, 2.05) is 84.9 Å². The Kier molecular flexibility index (Phi) is 10.6. The Morgan fingerprint density at radius 3 is 2.28 bits per heavy atom. The zero-order valence-corrected chi connectivity index (χ0v) is 29.1. The van der Waals surface area contributed by atoms with Gasteiger partial charge in [0.1, 0.15) is 42.5 Å². The van der Waals surface area contributed by atoms with Crippen molar-refractivity contribution in [1.82, 2.24) is 15.7 Å². The van der Waals surface area contributed by atoms with Gasteiger partial charge >= 0.3 is 5.97 Å². The molecule has 3 heterocycles. The lowest BCUT2D eigenvalue weighted by Crippen LogP contribution is -2.71. The maximum Gasteiger partial charge on any atom is 0.327 e. The Balaban J connectivity index is 1.31. The minimum absolute atomic E-state index is 0.0259. The molecule has 0 spiro atoms. The Morgan fingerprint density at radius 1 is 0.962 bits per heavy atom. The van der Waals surface area contributed by atoms with Gasteiger partial charge in [0, 0.05) is 24.1 Å². The van der Waals surface area contributed by atoms with E-state index in [1.165, 1.54) is 18.2 Å². The molecule has 53 heavy (non-hydrogen) atoms. The first-order chi connectivity index (χ1) is 25.7. The van der Waals surface area contributed by atoms with E-state index in [2.05, 4.69) is 10.6 Å². The van der Waals surface area contributed by atoms with Gasteiger partial charge in [0.2, 0.25) is 17.6 Å². The minimum Gasteiger partial charge on any atom is -0.499 e. The first-order valence-electron chi connectivity index (χ1n) is 17.7. The van der Waals surface area contributed by atoms with Gasteiger partial charge in [-0.3, -0.25) is 19.2 Å². The average Bonchev–Trinajstić information content (AvgIpc) is 3.75. The van der Waals surface area contributed by atoms with E-state index in [4.69, 9.17) is 28.9 Å². The van der Waals surface area contributed by atoms with Crippen molar-refractivity contribution in [2.75, 3.05) is 26.4 Å². The van der Waals surface area contributed by atoms with Gasteiger partial charge in [0.15, 0.2) is 6.04 Å². The summed E-state index contributed by atoms with van der Waals surface area (Å²) in [6.07, 6.45) is -2.01. The third kappa shape index (κ3) is 6.61. The molecule has 8 atom stereocenters. The topological polar surface area (TPSA) is 185 Å². The maximum atomic E-state index is 14.9. The molecule has 0 aromatic heterocycles. The fraction of sp³-hybridized carbons (Fsp3) is 0.410. The number of amides is 2. The van der Waals surface area contributed by atoms with E-state index in [-0.39, 0.29) is 39.3 Å². The number of nitrogens with one attached hydrogen (secondary N) is 2. The van der Waals surface area contributed by atoms with Crippen molar-refractivity contribution in [3.8, 4) is 0 Å². The molecule has 3 aromatic carbocycles. The SMILES string of the molecule is CC(O)C(NC(=O)C12CC3OC(=O)C1N(Cc1ccccc1C=COCCO)OC2C1OC(c2ccccc2)(c2ccccc2)OC31)C(=O)NCCO. The van der Waals surface area contributed by atoms with Gasteiger partial charge in [-0.15, -0.1) is 0 Å². The highest BCUT2D eigenvalue weighted by molar-refractivity contribution is 5.96. The molecular formula is C39H43N3O11. The van der Waals surface area contributed by atoms with Crippen LogP contribution in [0.3, 0.4) is 0 Å². The summed E-state index contributed by atoms with van der Waals surface area (Å²) in [7, 11) is 0. The average molecular weight is 730 g/mol. The molecule has 3 aliphatic heterocycles. The van der Waals surface area contributed by atoms with Gasteiger partial charge in [-0.25, -0.2) is 0 Å². The van der Waals surface area contributed by atoms with Crippen LogP contribution in [0.2, 0.25) is 0 Å². The predicted octanol–water partition coefficient (Wildman–Crippen LogP) is 1.13. The first kappa shape index (κ1) is 36.7. The van der Waals surface area contributed by atoms with Crippen molar-refractivity contribution < 1.29 is 53.5 Å². The number of rotatable bonds is 14. The van der Waals surface area contributed by atoms with Gasteiger partial charge < -0.3 is 44.9 Å². The summed E-state index contributed by atoms with van der Waals surface area (Å²) in [6, 6.07) is 23.4. The van der Waals surface area contributed by atoms with Crippen molar-refractivity contribution in [1.29, 1.82) is 0 Å². The van der Waals surface area contributed by atoms with E-state index in [9.17, 15) is 24.6 Å². The summed E-state index contributed by atoms with van der Waals surface area (Å²) >= 11 is 0. The van der Waals surface area contributed by atoms with Gasteiger partial charge in [-0.2, -0.15) is 5.06 Å². The number of hydrogen-bond donors (Lipinski definition) is 5.